The number of furan rings is 1. The summed E-state index contributed by atoms with van der Waals surface area (Å²) >= 11 is 0. The smallest absolute Gasteiger partial charge is 0.137 e. The standard InChI is InChI=1S/C53H34N2O/c1-2-17-37(18-3-1)53(45-23-10-6-19-40(45)41-20-7-11-24-46(41)53)55-47-25-12-8-21-42(47)43-32-31-39(34-49(43)55)54(38-30-29-35-15-4-5-16-36(35)33-38)48-26-14-28-51-52(48)44-22-9-13-27-50(44)56-51/h1-34H. The number of rotatable bonds is 5. The third-order valence-electron chi connectivity index (χ3n) is 12.0. The van der Waals surface area contributed by atoms with Crippen molar-refractivity contribution in [2.75, 3.05) is 4.90 Å². The summed E-state index contributed by atoms with van der Waals surface area (Å²) < 4.78 is 9.11. The molecule has 262 valence electrons. The average Bonchev–Trinajstić information content (AvgIpc) is 3.91. The number of hydrogen-bond donors (Lipinski definition) is 0. The highest BCUT2D eigenvalue weighted by Crippen LogP contribution is 2.56. The topological polar surface area (TPSA) is 21.3 Å². The second-order valence-corrected chi connectivity index (χ2v) is 14.8. The first kappa shape index (κ1) is 31.0. The Hall–Kier alpha value is -7.36. The summed E-state index contributed by atoms with van der Waals surface area (Å²) in [6, 6.07) is 75.2. The van der Waals surface area contributed by atoms with E-state index in [4.69, 9.17) is 4.42 Å². The first-order valence-corrected chi connectivity index (χ1v) is 19.3. The zero-order chi connectivity index (χ0) is 36.8. The van der Waals surface area contributed by atoms with Gasteiger partial charge in [-0.3, -0.25) is 0 Å². The number of para-hydroxylation sites is 2. The molecule has 0 N–H and O–H groups in total. The Morgan fingerprint density at radius 1 is 0.411 bits per heavy atom. The lowest BCUT2D eigenvalue weighted by Crippen LogP contribution is -2.35. The Balaban J connectivity index is 1.22. The van der Waals surface area contributed by atoms with Crippen molar-refractivity contribution in [2.24, 2.45) is 0 Å². The second-order valence-electron chi connectivity index (χ2n) is 14.8. The number of anilines is 3. The van der Waals surface area contributed by atoms with Crippen LogP contribution in [-0.2, 0) is 5.54 Å². The third-order valence-corrected chi connectivity index (χ3v) is 12.0. The van der Waals surface area contributed by atoms with E-state index >= 15 is 0 Å². The fourth-order valence-electron chi connectivity index (χ4n) is 9.72. The quantitative estimate of drug-likeness (QED) is 0.177. The molecule has 2 aromatic heterocycles. The van der Waals surface area contributed by atoms with E-state index in [1.807, 2.05) is 6.07 Å². The third kappa shape index (κ3) is 4.22. The first-order valence-electron chi connectivity index (χ1n) is 19.3. The molecule has 1 aliphatic carbocycles. The van der Waals surface area contributed by atoms with Crippen LogP contribution < -0.4 is 4.90 Å². The predicted molar refractivity (Wildman–Crippen MR) is 233 cm³/mol. The maximum absolute atomic E-state index is 6.48. The van der Waals surface area contributed by atoms with Gasteiger partial charge in [-0.05, 0) is 87.1 Å². The van der Waals surface area contributed by atoms with Crippen LogP contribution in [0.2, 0.25) is 0 Å². The van der Waals surface area contributed by atoms with Gasteiger partial charge in [0.15, 0.2) is 0 Å². The van der Waals surface area contributed by atoms with Crippen LogP contribution in [0.5, 0.6) is 0 Å². The average molecular weight is 715 g/mol. The zero-order valence-corrected chi connectivity index (χ0v) is 30.4. The molecule has 0 amide bonds. The highest BCUT2D eigenvalue weighted by atomic mass is 16.3. The summed E-state index contributed by atoms with van der Waals surface area (Å²) in [5.74, 6) is 0. The van der Waals surface area contributed by atoms with Gasteiger partial charge in [-0.2, -0.15) is 0 Å². The molecule has 1 aliphatic rings. The highest BCUT2D eigenvalue weighted by molar-refractivity contribution is 6.15. The Morgan fingerprint density at radius 2 is 1.02 bits per heavy atom. The maximum atomic E-state index is 6.48. The molecule has 0 fully saturated rings. The van der Waals surface area contributed by atoms with E-state index in [0.717, 1.165) is 44.5 Å². The maximum Gasteiger partial charge on any atom is 0.137 e. The minimum Gasteiger partial charge on any atom is -0.456 e. The van der Waals surface area contributed by atoms with Crippen molar-refractivity contribution in [3.8, 4) is 11.1 Å². The summed E-state index contributed by atoms with van der Waals surface area (Å²) in [6.07, 6.45) is 0. The van der Waals surface area contributed by atoms with Gasteiger partial charge in [0.2, 0.25) is 0 Å². The first-order chi connectivity index (χ1) is 27.8. The molecule has 0 atom stereocenters. The van der Waals surface area contributed by atoms with Crippen LogP contribution in [0.1, 0.15) is 16.7 Å². The van der Waals surface area contributed by atoms with Crippen LogP contribution >= 0.6 is 0 Å². The van der Waals surface area contributed by atoms with E-state index in [2.05, 4.69) is 210 Å². The van der Waals surface area contributed by atoms with Crippen molar-refractivity contribution in [3.05, 3.63) is 223 Å². The molecule has 3 heteroatoms. The van der Waals surface area contributed by atoms with E-state index in [0.29, 0.717) is 0 Å². The Bertz CT molecular complexity index is 3290. The zero-order valence-electron chi connectivity index (χ0n) is 30.4. The van der Waals surface area contributed by atoms with Crippen LogP contribution in [0, 0.1) is 0 Å². The Morgan fingerprint density at radius 3 is 1.84 bits per heavy atom. The predicted octanol–water partition coefficient (Wildman–Crippen LogP) is 14.1. The highest BCUT2D eigenvalue weighted by Gasteiger charge is 2.47. The van der Waals surface area contributed by atoms with Crippen molar-refractivity contribution < 1.29 is 4.42 Å². The van der Waals surface area contributed by atoms with Crippen molar-refractivity contribution >= 4 is 71.6 Å². The van der Waals surface area contributed by atoms with Crippen molar-refractivity contribution in [1.29, 1.82) is 0 Å². The van der Waals surface area contributed by atoms with Gasteiger partial charge >= 0.3 is 0 Å². The van der Waals surface area contributed by atoms with Crippen LogP contribution in [0.4, 0.5) is 17.1 Å². The van der Waals surface area contributed by atoms with E-state index in [1.165, 1.54) is 54.9 Å². The Kier molecular flexibility index (Phi) is 6.55. The van der Waals surface area contributed by atoms with E-state index in [9.17, 15) is 0 Å². The summed E-state index contributed by atoms with van der Waals surface area (Å²) in [5, 5.41) is 7.04. The van der Waals surface area contributed by atoms with Crippen LogP contribution in [0.25, 0.3) is 65.6 Å². The van der Waals surface area contributed by atoms with Crippen LogP contribution in [0.3, 0.4) is 0 Å². The minimum atomic E-state index is -0.636. The molecule has 2 heterocycles. The van der Waals surface area contributed by atoms with Gasteiger partial charge in [0, 0.05) is 27.5 Å². The van der Waals surface area contributed by atoms with Crippen LogP contribution in [-0.4, -0.2) is 4.57 Å². The van der Waals surface area contributed by atoms with E-state index in [-0.39, 0.29) is 0 Å². The molecule has 0 saturated heterocycles. The van der Waals surface area contributed by atoms with Crippen molar-refractivity contribution in [2.45, 2.75) is 5.54 Å². The molecule has 56 heavy (non-hydrogen) atoms. The molecule has 0 saturated carbocycles. The molecular weight excluding hydrogens is 681 g/mol. The summed E-state index contributed by atoms with van der Waals surface area (Å²) in [6.45, 7) is 0. The van der Waals surface area contributed by atoms with Gasteiger partial charge in [-0.1, -0.05) is 158 Å². The molecule has 0 aliphatic heterocycles. The summed E-state index contributed by atoms with van der Waals surface area (Å²) in [7, 11) is 0. The lowest BCUT2D eigenvalue weighted by Gasteiger charge is -2.36. The largest absolute Gasteiger partial charge is 0.456 e. The molecule has 0 radical (unpaired) electrons. The second kappa shape index (κ2) is 11.8. The molecule has 3 nitrogen and oxygen atoms in total. The fourth-order valence-corrected chi connectivity index (χ4v) is 9.72. The van der Waals surface area contributed by atoms with Gasteiger partial charge in [-0.15, -0.1) is 0 Å². The van der Waals surface area contributed by atoms with Gasteiger partial charge in [0.05, 0.1) is 22.1 Å². The molecule has 0 spiro atoms. The number of nitrogens with zero attached hydrogens (tertiary/aromatic N) is 2. The number of hydrogen-bond acceptors (Lipinski definition) is 2. The monoisotopic (exact) mass is 714 g/mol. The van der Waals surface area contributed by atoms with Gasteiger partial charge in [0.25, 0.3) is 0 Å². The normalized spacial score (nSPS) is 13.1. The summed E-state index contributed by atoms with van der Waals surface area (Å²) in [4.78, 5) is 2.42. The van der Waals surface area contributed by atoms with Gasteiger partial charge in [-0.25, -0.2) is 0 Å². The van der Waals surface area contributed by atoms with Crippen molar-refractivity contribution in [1.82, 2.24) is 4.57 Å². The molecule has 0 unspecified atom stereocenters. The van der Waals surface area contributed by atoms with E-state index in [1.54, 1.807) is 0 Å². The fraction of sp³-hybridized carbons (Fsp3) is 0.0189. The minimum absolute atomic E-state index is 0.636. The van der Waals surface area contributed by atoms with Gasteiger partial charge < -0.3 is 13.9 Å². The molecule has 12 rings (SSSR count). The number of fused-ring (bicyclic) bond motifs is 10. The number of benzene rings is 9. The van der Waals surface area contributed by atoms with Crippen LogP contribution in [0.15, 0.2) is 211 Å². The molecule has 11 aromatic rings. The SMILES string of the molecule is c1ccc(C2(n3c4ccccc4c4ccc(N(c5ccc6ccccc6c5)c5cccc6oc7ccccc7c56)cc43)c3ccccc3-c3ccccc32)cc1. The summed E-state index contributed by atoms with van der Waals surface area (Å²) in [5.41, 5.74) is 13.0. The van der Waals surface area contributed by atoms with Gasteiger partial charge in [0.1, 0.15) is 16.7 Å². The lowest BCUT2D eigenvalue weighted by atomic mass is 9.80. The molecule has 0 bridgehead atoms. The lowest BCUT2D eigenvalue weighted by molar-refractivity contribution is 0.564. The van der Waals surface area contributed by atoms with Crippen molar-refractivity contribution in [3.63, 3.8) is 0 Å². The van der Waals surface area contributed by atoms with E-state index < -0.39 is 5.54 Å². The number of aromatic nitrogens is 1. The molecular formula is C53H34N2O. The molecule has 9 aromatic carbocycles. The Labute approximate surface area is 323 Å².